The first-order chi connectivity index (χ1) is 21.1. The summed E-state index contributed by atoms with van der Waals surface area (Å²) in [5.74, 6) is -0.902. The smallest absolute Gasteiger partial charge is 0.255 e. The fourth-order valence-corrected chi connectivity index (χ4v) is 5.54. The zero-order chi connectivity index (χ0) is 32.1. The van der Waals surface area contributed by atoms with E-state index in [-0.39, 0.29) is 41.5 Å². The van der Waals surface area contributed by atoms with Crippen LogP contribution in [0.3, 0.4) is 0 Å². The fourth-order valence-electron chi connectivity index (χ4n) is 3.78. The summed E-state index contributed by atoms with van der Waals surface area (Å²) in [7, 11) is 0. The molecule has 44 heavy (non-hydrogen) atoms. The van der Waals surface area contributed by atoms with Gasteiger partial charge in [-0.05, 0) is 59.8 Å². The van der Waals surface area contributed by atoms with Crippen LogP contribution in [0.25, 0.3) is 0 Å². The monoisotopic (exact) mass is 629 g/mol. The fraction of sp³-hybridized carbons (Fsp3) is 0.200. The van der Waals surface area contributed by atoms with Crippen molar-refractivity contribution in [3.63, 3.8) is 0 Å². The van der Waals surface area contributed by atoms with Gasteiger partial charge in [-0.25, -0.2) is 0 Å². The zero-order valence-corrected chi connectivity index (χ0v) is 25.4. The van der Waals surface area contributed by atoms with Crippen molar-refractivity contribution in [1.82, 2.24) is 0 Å². The van der Waals surface area contributed by atoms with Crippen molar-refractivity contribution in [2.45, 2.75) is 36.5 Å². The predicted octanol–water partition coefficient (Wildman–Crippen LogP) is 6.52. The van der Waals surface area contributed by atoms with E-state index in [0.717, 1.165) is 0 Å². The first-order valence-electron chi connectivity index (χ1n) is 13.1. The largest absolute Gasteiger partial charge is 0.326 e. The molecule has 0 aliphatic rings. The summed E-state index contributed by atoms with van der Waals surface area (Å²) in [6, 6.07) is 17.7. The number of nitrogens with zero attached hydrogens (tertiary/aromatic N) is 3. The minimum absolute atomic E-state index is 0.150. The first-order valence-corrected chi connectivity index (χ1v) is 15.0. The van der Waals surface area contributed by atoms with Crippen molar-refractivity contribution in [2.24, 2.45) is 5.18 Å². The van der Waals surface area contributed by atoms with Gasteiger partial charge in [0.05, 0.1) is 23.5 Å². The molecular formula is C30H27N7O5S2. The van der Waals surface area contributed by atoms with Gasteiger partial charge in [-0.15, -0.1) is 28.4 Å². The molecule has 0 fully saturated rings. The topological polar surface area (TPSA) is 193 Å². The zero-order valence-electron chi connectivity index (χ0n) is 23.7. The molecule has 0 aromatic heterocycles. The Kier molecular flexibility index (Phi) is 12.5. The Morgan fingerprint density at radius 1 is 0.682 bits per heavy atom. The van der Waals surface area contributed by atoms with E-state index < -0.39 is 11.8 Å². The lowest BCUT2D eigenvalue weighted by atomic mass is 10.1. The van der Waals surface area contributed by atoms with E-state index in [4.69, 9.17) is 10.5 Å². The molecule has 3 rings (SSSR count). The molecule has 3 aromatic carbocycles. The molecule has 0 atom stereocenters. The minimum atomic E-state index is -0.542. The molecule has 4 amide bonds. The van der Waals surface area contributed by atoms with Crippen LogP contribution in [0.4, 0.5) is 28.4 Å². The molecule has 0 bridgehead atoms. The third-order valence-corrected chi connectivity index (χ3v) is 7.71. The number of hydrogen-bond acceptors (Lipinski definition) is 10. The molecule has 224 valence electrons. The summed E-state index contributed by atoms with van der Waals surface area (Å²) in [6.45, 7) is 2.64. The second-order valence-electron chi connectivity index (χ2n) is 9.07. The standard InChI is InChI=1S/C30H27N7O5S2/c1-18(38)33-23-13-21(14-24(15-23)34-19(2)39)30(41)36-26-17-27(43-11-3-9-31)25(16-28(26)44-12-4-10-32)35-29(40)20-5-7-22(37-42)8-6-20/h5-8,13-17H,3-4,11-12H2,1-2H3,(H,33,38)(H,34,39)(H,35,40)(H,36,41). The number of nitriles is 2. The average molecular weight is 630 g/mol. The Labute approximate surface area is 261 Å². The maximum absolute atomic E-state index is 13.5. The summed E-state index contributed by atoms with van der Waals surface area (Å²) < 4.78 is 0. The number of benzene rings is 3. The highest BCUT2D eigenvalue weighted by Gasteiger charge is 2.18. The SMILES string of the molecule is CC(=O)Nc1cc(NC(C)=O)cc(C(=O)Nc2cc(SCCC#N)c(NC(=O)c3ccc(N=O)cc3)cc2SCCC#N)c1. The van der Waals surface area contributed by atoms with Gasteiger partial charge in [0, 0.05) is 70.5 Å². The number of anilines is 4. The van der Waals surface area contributed by atoms with Gasteiger partial charge in [-0.2, -0.15) is 10.5 Å². The van der Waals surface area contributed by atoms with Crippen LogP contribution in [0.5, 0.6) is 0 Å². The van der Waals surface area contributed by atoms with Crippen LogP contribution in [-0.2, 0) is 9.59 Å². The van der Waals surface area contributed by atoms with Crippen LogP contribution in [-0.4, -0.2) is 35.1 Å². The Balaban J connectivity index is 2.02. The first kappa shape index (κ1) is 33.3. The molecule has 4 N–H and O–H groups in total. The van der Waals surface area contributed by atoms with Gasteiger partial charge in [0.2, 0.25) is 11.8 Å². The van der Waals surface area contributed by atoms with Crippen LogP contribution < -0.4 is 21.3 Å². The van der Waals surface area contributed by atoms with Gasteiger partial charge in [0.25, 0.3) is 11.8 Å². The summed E-state index contributed by atoms with van der Waals surface area (Å²) in [4.78, 5) is 61.8. The van der Waals surface area contributed by atoms with E-state index >= 15 is 0 Å². The van der Waals surface area contributed by atoms with Crippen LogP contribution in [0.1, 0.15) is 47.4 Å². The summed E-state index contributed by atoms with van der Waals surface area (Å²) >= 11 is 2.61. The summed E-state index contributed by atoms with van der Waals surface area (Å²) in [5.41, 5.74) is 2.04. The van der Waals surface area contributed by atoms with E-state index in [0.29, 0.717) is 44.0 Å². The average Bonchev–Trinajstić information content (AvgIpc) is 2.98. The van der Waals surface area contributed by atoms with E-state index in [2.05, 4.69) is 38.6 Å². The highest BCUT2D eigenvalue weighted by Crippen LogP contribution is 2.39. The van der Waals surface area contributed by atoms with Crippen molar-refractivity contribution >= 4 is 75.6 Å². The highest BCUT2D eigenvalue weighted by atomic mass is 32.2. The predicted molar refractivity (Wildman–Crippen MR) is 171 cm³/mol. The van der Waals surface area contributed by atoms with Gasteiger partial charge < -0.3 is 21.3 Å². The van der Waals surface area contributed by atoms with Gasteiger partial charge in [0.15, 0.2) is 0 Å². The van der Waals surface area contributed by atoms with E-state index in [1.165, 1.54) is 79.8 Å². The highest BCUT2D eigenvalue weighted by molar-refractivity contribution is 8.00. The molecule has 0 heterocycles. The lowest BCUT2D eigenvalue weighted by Crippen LogP contribution is -2.16. The maximum atomic E-state index is 13.5. The van der Waals surface area contributed by atoms with Crippen LogP contribution in [0.2, 0.25) is 0 Å². The van der Waals surface area contributed by atoms with Gasteiger partial charge in [0.1, 0.15) is 5.69 Å². The number of hydrogen-bond donors (Lipinski definition) is 4. The maximum Gasteiger partial charge on any atom is 0.255 e. The Morgan fingerprint density at radius 2 is 1.14 bits per heavy atom. The molecule has 3 aromatic rings. The number of carbonyl (C=O) groups excluding carboxylic acids is 4. The molecule has 0 saturated heterocycles. The Morgan fingerprint density at radius 3 is 1.55 bits per heavy atom. The summed E-state index contributed by atoms with van der Waals surface area (Å²) in [5, 5.41) is 31.9. The molecule has 14 heteroatoms. The second-order valence-corrected chi connectivity index (χ2v) is 11.3. The molecule has 0 aliphatic carbocycles. The molecule has 12 nitrogen and oxygen atoms in total. The molecule has 0 aliphatic heterocycles. The van der Waals surface area contributed by atoms with E-state index in [1.807, 2.05) is 0 Å². The van der Waals surface area contributed by atoms with Crippen molar-refractivity contribution < 1.29 is 19.2 Å². The third-order valence-electron chi connectivity index (χ3n) is 5.59. The number of nitroso groups, excluding NO2 is 1. The second kappa shape index (κ2) is 16.5. The van der Waals surface area contributed by atoms with Gasteiger partial charge >= 0.3 is 0 Å². The Bertz CT molecular complexity index is 1630. The van der Waals surface area contributed by atoms with Crippen molar-refractivity contribution in [2.75, 3.05) is 32.8 Å². The van der Waals surface area contributed by atoms with Crippen LogP contribution in [0.15, 0.2) is 69.6 Å². The number of carbonyl (C=O) groups is 4. The molecule has 0 saturated carbocycles. The number of thioether (sulfide) groups is 2. The summed E-state index contributed by atoms with van der Waals surface area (Å²) in [6.07, 6.45) is 0.467. The van der Waals surface area contributed by atoms with Crippen molar-refractivity contribution in [3.05, 3.63) is 70.6 Å². The van der Waals surface area contributed by atoms with Crippen molar-refractivity contribution in [1.29, 1.82) is 10.5 Å². The van der Waals surface area contributed by atoms with Gasteiger partial charge in [-0.3, -0.25) is 19.2 Å². The quantitative estimate of drug-likeness (QED) is 0.0925. The van der Waals surface area contributed by atoms with Crippen molar-refractivity contribution in [3.8, 4) is 12.1 Å². The number of nitrogens with one attached hydrogen (secondary N) is 4. The van der Waals surface area contributed by atoms with Gasteiger partial charge in [-0.1, -0.05) is 0 Å². The lowest BCUT2D eigenvalue weighted by molar-refractivity contribution is -0.115. The molecule has 0 unspecified atom stereocenters. The minimum Gasteiger partial charge on any atom is -0.326 e. The Hall–Kier alpha value is -5.18. The molecule has 0 spiro atoms. The van der Waals surface area contributed by atoms with E-state index in [1.54, 1.807) is 12.1 Å². The normalized spacial score (nSPS) is 10.1. The molecule has 0 radical (unpaired) electrons. The van der Waals surface area contributed by atoms with Crippen LogP contribution in [0, 0.1) is 27.6 Å². The number of amides is 4. The number of rotatable bonds is 13. The van der Waals surface area contributed by atoms with Crippen LogP contribution >= 0.6 is 23.5 Å². The van der Waals surface area contributed by atoms with E-state index in [9.17, 15) is 24.1 Å². The third kappa shape index (κ3) is 9.97. The molecular weight excluding hydrogens is 603 g/mol. The lowest BCUT2D eigenvalue weighted by Gasteiger charge is -2.18.